The number of hydrogen-bond donors (Lipinski definition) is 2. The Balaban J connectivity index is 1.45. The third-order valence-electron chi connectivity index (χ3n) is 8.55. The molecule has 2 aliphatic heterocycles. The molecule has 1 spiro atoms. The summed E-state index contributed by atoms with van der Waals surface area (Å²) in [5.74, 6) is -4.58. The summed E-state index contributed by atoms with van der Waals surface area (Å²) >= 11 is 0. The molecule has 2 N–H and O–H groups in total. The Morgan fingerprint density at radius 2 is 1.76 bits per heavy atom. The molecule has 5 rings (SSSR count). The molecule has 1 unspecified atom stereocenters. The minimum absolute atomic E-state index is 0.0293. The highest BCUT2D eigenvalue weighted by molar-refractivity contribution is 6.07. The van der Waals surface area contributed by atoms with Gasteiger partial charge in [0.1, 0.15) is 18.1 Å². The monoisotopic (exact) mass is 613 g/mol. The summed E-state index contributed by atoms with van der Waals surface area (Å²) in [6.45, 7) is 3.76. The minimum Gasteiger partial charge on any atom is -0.336 e. The molecule has 45 heavy (non-hydrogen) atoms. The first-order valence-corrected chi connectivity index (χ1v) is 14.7. The van der Waals surface area contributed by atoms with Gasteiger partial charge < -0.3 is 20.4 Å². The minimum atomic E-state index is -1.27. The Labute approximate surface area is 259 Å². The van der Waals surface area contributed by atoms with Crippen LogP contribution in [-0.4, -0.2) is 59.1 Å². The van der Waals surface area contributed by atoms with Crippen molar-refractivity contribution in [1.29, 1.82) is 5.26 Å². The summed E-state index contributed by atoms with van der Waals surface area (Å²) in [5.41, 5.74) is 0.494. The number of likely N-dealkylation sites (tertiary alicyclic amines) is 1. The van der Waals surface area contributed by atoms with Gasteiger partial charge in [-0.25, -0.2) is 8.78 Å². The number of fused-ring (bicyclic) bond motifs is 2. The number of nitrogens with one attached hydrogen (secondary N) is 2. The zero-order chi connectivity index (χ0) is 32.5. The number of carbonyl (C=O) groups is 4. The van der Waals surface area contributed by atoms with Crippen LogP contribution in [0.4, 0.5) is 14.5 Å². The van der Waals surface area contributed by atoms with Gasteiger partial charge in [0.2, 0.25) is 17.7 Å². The highest BCUT2D eigenvalue weighted by Gasteiger charge is 2.56. The van der Waals surface area contributed by atoms with E-state index in [0.717, 1.165) is 23.8 Å². The molecule has 11 heteroatoms. The van der Waals surface area contributed by atoms with E-state index in [1.165, 1.54) is 16.8 Å². The average molecular weight is 614 g/mol. The van der Waals surface area contributed by atoms with E-state index in [0.29, 0.717) is 11.3 Å². The number of benzene rings is 3. The van der Waals surface area contributed by atoms with Crippen molar-refractivity contribution in [3.05, 3.63) is 101 Å². The van der Waals surface area contributed by atoms with Crippen molar-refractivity contribution in [2.45, 2.75) is 50.2 Å². The predicted octanol–water partition coefficient (Wildman–Crippen LogP) is 4.32. The number of amides is 4. The van der Waals surface area contributed by atoms with Gasteiger partial charge in [-0.1, -0.05) is 62.4 Å². The van der Waals surface area contributed by atoms with Gasteiger partial charge in [0.25, 0.3) is 5.91 Å². The normalized spacial score (nSPS) is 19.9. The zero-order valence-corrected chi connectivity index (χ0v) is 25.1. The summed E-state index contributed by atoms with van der Waals surface area (Å²) < 4.78 is 27.4. The highest BCUT2D eigenvalue weighted by Crippen LogP contribution is 2.46. The molecule has 4 amide bonds. The van der Waals surface area contributed by atoms with Crippen molar-refractivity contribution >= 4 is 29.3 Å². The molecule has 1 saturated heterocycles. The molecule has 2 heterocycles. The van der Waals surface area contributed by atoms with Gasteiger partial charge in [-0.2, -0.15) is 5.26 Å². The molecular weight excluding hydrogens is 580 g/mol. The quantitative estimate of drug-likeness (QED) is 0.392. The lowest BCUT2D eigenvalue weighted by Gasteiger charge is -2.35. The fourth-order valence-electron chi connectivity index (χ4n) is 6.19. The number of carbonyl (C=O) groups excluding carboxylic acids is 4. The molecule has 0 radical (unpaired) electrons. The maximum absolute atomic E-state index is 14.3. The van der Waals surface area contributed by atoms with Crippen molar-refractivity contribution in [2.75, 3.05) is 18.9 Å². The number of anilines is 1. The smallest absolute Gasteiger partial charge is 0.252 e. The van der Waals surface area contributed by atoms with Crippen molar-refractivity contribution in [3.63, 3.8) is 0 Å². The molecule has 9 nitrogen and oxygen atoms in total. The molecule has 0 aromatic heterocycles. The van der Waals surface area contributed by atoms with Crippen molar-refractivity contribution < 1.29 is 28.0 Å². The molecule has 0 aliphatic carbocycles. The molecule has 232 valence electrons. The van der Waals surface area contributed by atoms with Gasteiger partial charge in [-0.15, -0.1) is 0 Å². The zero-order valence-electron chi connectivity index (χ0n) is 25.1. The number of likely N-dealkylation sites (N-methyl/N-ethyl adjacent to an activating group) is 1. The van der Waals surface area contributed by atoms with Crippen LogP contribution in [0.15, 0.2) is 72.8 Å². The van der Waals surface area contributed by atoms with E-state index in [1.54, 1.807) is 48.5 Å². The third-order valence-corrected chi connectivity index (χ3v) is 8.55. The summed E-state index contributed by atoms with van der Waals surface area (Å²) in [7, 11) is 1.46. The molecule has 4 atom stereocenters. The summed E-state index contributed by atoms with van der Waals surface area (Å²) in [5, 5.41) is 15.6. The van der Waals surface area contributed by atoms with Gasteiger partial charge in [-0.05, 0) is 47.7 Å². The van der Waals surface area contributed by atoms with Gasteiger partial charge in [-0.3, -0.25) is 19.2 Å². The Morgan fingerprint density at radius 1 is 1.07 bits per heavy atom. The van der Waals surface area contributed by atoms with Gasteiger partial charge in [0, 0.05) is 31.3 Å². The molecular formula is C34H33F2N5O4. The van der Waals surface area contributed by atoms with E-state index in [4.69, 9.17) is 0 Å². The second-order valence-corrected chi connectivity index (χ2v) is 11.9. The third kappa shape index (κ3) is 5.88. The van der Waals surface area contributed by atoms with Crippen LogP contribution in [0, 0.1) is 28.9 Å². The van der Waals surface area contributed by atoms with Crippen LogP contribution < -0.4 is 10.6 Å². The molecule has 0 saturated carbocycles. The van der Waals surface area contributed by atoms with E-state index < -0.39 is 52.9 Å². The topological polar surface area (TPSA) is 123 Å². The average Bonchev–Trinajstić information content (AvgIpc) is 3.56. The Kier molecular flexibility index (Phi) is 8.68. The predicted molar refractivity (Wildman–Crippen MR) is 162 cm³/mol. The summed E-state index contributed by atoms with van der Waals surface area (Å²) in [6.07, 6.45) is 0.352. The van der Waals surface area contributed by atoms with Crippen LogP contribution in [0.1, 0.15) is 54.2 Å². The summed E-state index contributed by atoms with van der Waals surface area (Å²) in [6, 6.07) is 17.2. The second-order valence-electron chi connectivity index (χ2n) is 11.9. The van der Waals surface area contributed by atoms with Gasteiger partial charge in [0.15, 0.2) is 11.6 Å². The van der Waals surface area contributed by atoms with Crippen LogP contribution in [0.3, 0.4) is 0 Å². The van der Waals surface area contributed by atoms with Crippen molar-refractivity contribution in [1.82, 2.24) is 15.1 Å². The SMILES string of the molecule is CC(C)C[C@@H](C(=O)N1C[C@]2(C[C@H]1C#N)C(=O)Nc1ccccc12)N(C)C(=O)C(NC(=O)c1ccc(F)c(F)c1)c1ccccc1. The van der Waals surface area contributed by atoms with Crippen molar-refractivity contribution in [3.8, 4) is 6.07 Å². The first-order valence-electron chi connectivity index (χ1n) is 14.7. The molecule has 1 fully saturated rings. The van der Waals surface area contributed by atoms with Crippen LogP contribution in [0.2, 0.25) is 0 Å². The standard InChI is InChI=1S/C34H33F2N5O4/c1-20(2)15-28(31(43)41-19-34(17-23(41)18-37)24-11-7-8-12-27(24)38-33(34)45)40(3)32(44)29(21-9-5-4-6-10-21)39-30(42)22-13-14-25(35)26(36)16-22/h4-14,16,20,23,28-29H,15,17,19H2,1-3H3,(H,38,45)(H,39,42)/t23-,28-,29?,34-/m0/s1. The fraction of sp³-hybridized carbons (Fsp3) is 0.324. The first kappa shape index (κ1) is 31.3. The Morgan fingerprint density at radius 3 is 2.42 bits per heavy atom. The fourth-order valence-corrected chi connectivity index (χ4v) is 6.19. The molecule has 0 bridgehead atoms. The number of rotatable bonds is 8. The Hall–Kier alpha value is -5.11. The maximum atomic E-state index is 14.3. The first-order chi connectivity index (χ1) is 21.5. The maximum Gasteiger partial charge on any atom is 0.252 e. The van der Waals surface area contributed by atoms with Crippen LogP contribution in [0.5, 0.6) is 0 Å². The van der Waals surface area contributed by atoms with Gasteiger partial charge >= 0.3 is 0 Å². The lowest BCUT2D eigenvalue weighted by molar-refractivity contribution is -0.146. The molecule has 3 aromatic rings. The van der Waals surface area contributed by atoms with E-state index in [-0.39, 0.29) is 36.8 Å². The highest BCUT2D eigenvalue weighted by atomic mass is 19.2. The molecule has 3 aromatic carbocycles. The molecule has 2 aliphatic rings. The van der Waals surface area contributed by atoms with E-state index in [2.05, 4.69) is 16.7 Å². The van der Waals surface area contributed by atoms with Gasteiger partial charge in [0.05, 0.1) is 11.5 Å². The van der Waals surface area contributed by atoms with Crippen molar-refractivity contribution in [2.24, 2.45) is 5.92 Å². The second kappa shape index (κ2) is 12.5. The van der Waals surface area contributed by atoms with Crippen LogP contribution >= 0.6 is 0 Å². The number of hydrogen-bond acceptors (Lipinski definition) is 5. The Bertz CT molecular complexity index is 1690. The van der Waals surface area contributed by atoms with E-state index in [1.807, 2.05) is 19.9 Å². The number of nitrogens with zero attached hydrogens (tertiary/aromatic N) is 3. The van der Waals surface area contributed by atoms with E-state index >= 15 is 0 Å². The summed E-state index contributed by atoms with van der Waals surface area (Å²) in [4.78, 5) is 57.5. The lowest BCUT2D eigenvalue weighted by Crippen LogP contribution is -2.54. The van der Waals surface area contributed by atoms with E-state index in [9.17, 15) is 33.2 Å². The van der Waals surface area contributed by atoms with Crippen LogP contribution in [-0.2, 0) is 19.8 Å². The number of halogens is 2. The largest absolute Gasteiger partial charge is 0.336 e. The lowest BCUT2D eigenvalue weighted by atomic mass is 9.80. The number of nitriles is 1. The van der Waals surface area contributed by atoms with Crippen LogP contribution in [0.25, 0.3) is 0 Å². The number of para-hydroxylation sites is 1.